The van der Waals surface area contributed by atoms with Crippen LogP contribution in [0.1, 0.15) is 12.5 Å². The lowest BCUT2D eigenvalue weighted by molar-refractivity contribution is 0.409. The molecule has 0 fully saturated rings. The van der Waals surface area contributed by atoms with Crippen LogP contribution in [-0.2, 0) is 17.3 Å². The molecule has 0 saturated heterocycles. The maximum absolute atomic E-state index is 11.4. The third-order valence-electron chi connectivity index (χ3n) is 3.52. The first-order valence-electron chi connectivity index (χ1n) is 6.71. The summed E-state index contributed by atoms with van der Waals surface area (Å²) >= 11 is 0. The van der Waals surface area contributed by atoms with Crippen LogP contribution >= 0.6 is 0 Å². The van der Waals surface area contributed by atoms with E-state index in [1.807, 2.05) is 25.1 Å². The monoisotopic (exact) mass is 291 g/mol. The molecule has 4 heteroatoms. The van der Waals surface area contributed by atoms with Gasteiger partial charge in [-0.15, -0.1) is 0 Å². The quantitative estimate of drug-likeness (QED) is 0.889. The molecule has 2 aromatic rings. The average Bonchev–Trinajstić information content (AvgIpc) is 2.47. The van der Waals surface area contributed by atoms with Gasteiger partial charge in [-0.2, -0.15) is 0 Å². The van der Waals surface area contributed by atoms with Crippen molar-refractivity contribution in [3.05, 3.63) is 42.0 Å². The zero-order valence-electron chi connectivity index (χ0n) is 12.2. The molecule has 1 N–H and O–H groups in total. The lowest BCUT2D eigenvalue weighted by atomic mass is 10.0. The Balaban J connectivity index is 2.21. The summed E-state index contributed by atoms with van der Waals surface area (Å²) in [5.74, 6) is 0.890. The minimum Gasteiger partial charge on any atom is -0.496 e. The highest BCUT2D eigenvalue weighted by Gasteiger charge is 2.10. The number of methoxy groups -OCH3 is 1. The van der Waals surface area contributed by atoms with Crippen LogP contribution in [-0.4, -0.2) is 29.4 Å². The number of hydrogen-bond acceptors (Lipinski definition) is 3. The van der Waals surface area contributed by atoms with Gasteiger partial charge in [-0.3, -0.25) is 4.21 Å². The standard InChI is InChI=1S/C16H21NO2S/c1-12(20(3)18)10-17-11-15-14-7-5-4-6-13(14)8-9-16(15)19-2/h4-9,12,17H,10-11H2,1-3H3. The normalized spacial score (nSPS) is 14.2. The fraction of sp³-hybridized carbons (Fsp3) is 0.375. The summed E-state index contributed by atoms with van der Waals surface area (Å²) in [4.78, 5) is 0. The first-order valence-corrected chi connectivity index (χ1v) is 8.33. The van der Waals surface area contributed by atoms with E-state index < -0.39 is 10.8 Å². The van der Waals surface area contributed by atoms with Gasteiger partial charge in [0.05, 0.1) is 7.11 Å². The average molecular weight is 291 g/mol. The van der Waals surface area contributed by atoms with Crippen LogP contribution in [0.5, 0.6) is 5.75 Å². The summed E-state index contributed by atoms with van der Waals surface area (Å²) in [5.41, 5.74) is 1.15. The molecule has 2 atom stereocenters. The highest BCUT2D eigenvalue weighted by Crippen LogP contribution is 2.27. The van der Waals surface area contributed by atoms with Crippen LogP contribution in [0.4, 0.5) is 0 Å². The SMILES string of the molecule is COc1ccc2ccccc2c1CNCC(C)S(C)=O. The molecule has 0 aliphatic carbocycles. The lowest BCUT2D eigenvalue weighted by Gasteiger charge is -2.14. The second-order valence-electron chi connectivity index (χ2n) is 4.91. The third kappa shape index (κ3) is 3.38. The molecule has 0 aliphatic heterocycles. The first-order chi connectivity index (χ1) is 9.63. The number of rotatable bonds is 6. The fourth-order valence-corrected chi connectivity index (χ4v) is 2.56. The van der Waals surface area contributed by atoms with Crippen molar-refractivity contribution in [2.75, 3.05) is 19.9 Å². The molecule has 2 rings (SSSR count). The van der Waals surface area contributed by atoms with E-state index in [9.17, 15) is 4.21 Å². The Bertz CT molecular complexity index is 612. The predicted molar refractivity (Wildman–Crippen MR) is 85.7 cm³/mol. The van der Waals surface area contributed by atoms with Gasteiger partial charge in [-0.05, 0) is 23.8 Å². The Morgan fingerprint density at radius 3 is 2.70 bits per heavy atom. The lowest BCUT2D eigenvalue weighted by Crippen LogP contribution is -2.27. The molecular formula is C16H21NO2S. The Kier molecular flexibility index (Phi) is 5.15. The van der Waals surface area contributed by atoms with Gasteiger partial charge in [0, 0.05) is 41.0 Å². The van der Waals surface area contributed by atoms with E-state index in [1.165, 1.54) is 10.8 Å². The summed E-state index contributed by atoms with van der Waals surface area (Å²) in [6.07, 6.45) is 1.74. The molecule has 0 heterocycles. The molecule has 0 radical (unpaired) electrons. The van der Waals surface area contributed by atoms with Crippen molar-refractivity contribution in [3.8, 4) is 5.75 Å². The molecule has 2 aromatic carbocycles. The topological polar surface area (TPSA) is 38.3 Å². The van der Waals surface area contributed by atoms with Crippen LogP contribution in [0.15, 0.2) is 36.4 Å². The van der Waals surface area contributed by atoms with Crippen LogP contribution in [0, 0.1) is 0 Å². The fourth-order valence-electron chi connectivity index (χ4n) is 2.21. The maximum atomic E-state index is 11.4. The summed E-state index contributed by atoms with van der Waals surface area (Å²) in [6, 6.07) is 12.4. The van der Waals surface area contributed by atoms with Crippen molar-refractivity contribution in [2.45, 2.75) is 18.7 Å². The van der Waals surface area contributed by atoms with E-state index in [0.717, 1.165) is 17.9 Å². The molecule has 20 heavy (non-hydrogen) atoms. The van der Waals surface area contributed by atoms with E-state index in [-0.39, 0.29) is 5.25 Å². The zero-order chi connectivity index (χ0) is 14.5. The molecule has 2 unspecified atom stereocenters. The van der Waals surface area contributed by atoms with Crippen molar-refractivity contribution in [3.63, 3.8) is 0 Å². The Hall–Kier alpha value is -1.39. The largest absolute Gasteiger partial charge is 0.496 e. The summed E-state index contributed by atoms with van der Waals surface area (Å²) in [7, 11) is 0.896. The second kappa shape index (κ2) is 6.86. The molecule has 0 spiro atoms. The van der Waals surface area contributed by atoms with E-state index in [0.29, 0.717) is 6.54 Å². The summed E-state index contributed by atoms with van der Waals surface area (Å²) in [5, 5.41) is 5.93. The Morgan fingerprint density at radius 2 is 2.00 bits per heavy atom. The Morgan fingerprint density at radius 1 is 1.25 bits per heavy atom. The smallest absolute Gasteiger partial charge is 0.123 e. The van der Waals surface area contributed by atoms with E-state index in [1.54, 1.807) is 13.4 Å². The molecule has 0 saturated carbocycles. The van der Waals surface area contributed by atoms with E-state index in [4.69, 9.17) is 4.74 Å². The third-order valence-corrected chi connectivity index (χ3v) is 4.82. The number of hydrogen-bond donors (Lipinski definition) is 1. The maximum Gasteiger partial charge on any atom is 0.123 e. The van der Waals surface area contributed by atoms with Crippen molar-refractivity contribution in [1.82, 2.24) is 5.32 Å². The van der Waals surface area contributed by atoms with Crippen LogP contribution < -0.4 is 10.1 Å². The number of nitrogens with one attached hydrogen (secondary N) is 1. The van der Waals surface area contributed by atoms with Gasteiger partial charge >= 0.3 is 0 Å². The second-order valence-corrected chi connectivity index (χ2v) is 6.71. The molecule has 0 amide bonds. The van der Waals surface area contributed by atoms with Crippen molar-refractivity contribution < 1.29 is 8.95 Å². The van der Waals surface area contributed by atoms with Crippen molar-refractivity contribution in [2.24, 2.45) is 0 Å². The highest BCUT2D eigenvalue weighted by atomic mass is 32.2. The minimum atomic E-state index is -0.796. The molecule has 3 nitrogen and oxygen atoms in total. The zero-order valence-corrected chi connectivity index (χ0v) is 13.0. The van der Waals surface area contributed by atoms with Crippen molar-refractivity contribution in [1.29, 1.82) is 0 Å². The molecule has 0 aliphatic rings. The molecule has 0 aromatic heterocycles. The van der Waals surface area contributed by atoms with Gasteiger partial charge in [0.25, 0.3) is 0 Å². The Labute approximate surface area is 122 Å². The van der Waals surface area contributed by atoms with E-state index >= 15 is 0 Å². The van der Waals surface area contributed by atoms with Gasteiger partial charge in [0.2, 0.25) is 0 Å². The van der Waals surface area contributed by atoms with E-state index in [2.05, 4.69) is 23.5 Å². The highest BCUT2D eigenvalue weighted by molar-refractivity contribution is 7.84. The molecule has 108 valence electrons. The van der Waals surface area contributed by atoms with Gasteiger partial charge in [0.1, 0.15) is 5.75 Å². The predicted octanol–water partition coefficient (Wildman–Crippen LogP) is 2.71. The van der Waals surface area contributed by atoms with Crippen LogP contribution in [0.2, 0.25) is 0 Å². The number of ether oxygens (including phenoxy) is 1. The molecule has 0 bridgehead atoms. The van der Waals surface area contributed by atoms with Gasteiger partial charge in [-0.1, -0.05) is 30.3 Å². The van der Waals surface area contributed by atoms with Gasteiger partial charge in [-0.25, -0.2) is 0 Å². The molecular weight excluding hydrogens is 270 g/mol. The number of fused-ring (bicyclic) bond motifs is 1. The van der Waals surface area contributed by atoms with Crippen LogP contribution in [0.3, 0.4) is 0 Å². The van der Waals surface area contributed by atoms with Crippen molar-refractivity contribution >= 4 is 21.6 Å². The minimum absolute atomic E-state index is 0.149. The number of benzene rings is 2. The first kappa shape index (κ1) is 15.0. The van der Waals surface area contributed by atoms with Gasteiger partial charge < -0.3 is 10.1 Å². The van der Waals surface area contributed by atoms with Gasteiger partial charge in [0.15, 0.2) is 0 Å². The van der Waals surface area contributed by atoms with Crippen LogP contribution in [0.25, 0.3) is 10.8 Å². The summed E-state index contributed by atoms with van der Waals surface area (Å²) < 4.78 is 16.8. The summed E-state index contributed by atoms with van der Waals surface area (Å²) in [6.45, 7) is 3.44.